The van der Waals surface area contributed by atoms with Gasteiger partial charge in [-0.05, 0) is 12.5 Å². The van der Waals surface area contributed by atoms with Crippen molar-refractivity contribution < 1.29 is 4.79 Å². The molecule has 0 spiro atoms. The van der Waals surface area contributed by atoms with Crippen molar-refractivity contribution in [2.24, 2.45) is 4.99 Å². The van der Waals surface area contributed by atoms with E-state index < -0.39 is 0 Å². The summed E-state index contributed by atoms with van der Waals surface area (Å²) in [5, 5.41) is 0. The highest BCUT2D eigenvalue weighted by Crippen LogP contribution is 1.94. The van der Waals surface area contributed by atoms with Crippen molar-refractivity contribution in [2.75, 3.05) is 0 Å². The van der Waals surface area contributed by atoms with Crippen LogP contribution in [0.2, 0.25) is 0 Å². The maximum absolute atomic E-state index is 10.2. The molecular formula is C10H11NO. The molecule has 1 aromatic carbocycles. The highest BCUT2D eigenvalue weighted by atomic mass is 16.1. The Bertz CT molecular complexity index is 266. The quantitative estimate of drug-likeness (QED) is 0.490. The van der Waals surface area contributed by atoms with Gasteiger partial charge in [0.15, 0.2) is 0 Å². The minimum atomic E-state index is -0.245. The van der Waals surface area contributed by atoms with Crippen molar-refractivity contribution in [3.63, 3.8) is 0 Å². The van der Waals surface area contributed by atoms with Crippen LogP contribution in [0.15, 0.2) is 35.3 Å². The molecule has 0 bridgehead atoms. The highest BCUT2D eigenvalue weighted by molar-refractivity contribution is 5.80. The molecule has 1 atom stereocenters. The smallest absolute Gasteiger partial charge is 0.144 e. The summed E-state index contributed by atoms with van der Waals surface area (Å²) in [5.74, 6) is 0. The number of hydrogen-bond donors (Lipinski definition) is 0. The fraction of sp³-hybridized carbons (Fsp3) is 0.200. The molecule has 0 aliphatic heterocycles. The van der Waals surface area contributed by atoms with E-state index in [1.165, 1.54) is 0 Å². The summed E-state index contributed by atoms with van der Waals surface area (Å²) in [7, 11) is 0. The van der Waals surface area contributed by atoms with Gasteiger partial charge in [-0.15, -0.1) is 0 Å². The third-order valence-electron chi connectivity index (χ3n) is 1.46. The summed E-state index contributed by atoms with van der Waals surface area (Å²) in [5.41, 5.74) is 1.02. The van der Waals surface area contributed by atoms with Crippen LogP contribution < -0.4 is 0 Å². The van der Waals surface area contributed by atoms with E-state index in [9.17, 15) is 4.79 Å². The van der Waals surface area contributed by atoms with E-state index in [4.69, 9.17) is 0 Å². The number of aliphatic imine (C=N–C) groups is 1. The lowest BCUT2D eigenvalue weighted by atomic mass is 10.2. The van der Waals surface area contributed by atoms with E-state index in [-0.39, 0.29) is 6.04 Å². The van der Waals surface area contributed by atoms with E-state index in [1.807, 2.05) is 30.3 Å². The molecule has 0 aliphatic rings. The SMILES string of the molecule is CC(C=O)N=Cc1ccccc1. The Hall–Kier alpha value is -1.44. The summed E-state index contributed by atoms with van der Waals surface area (Å²) >= 11 is 0. The molecule has 0 radical (unpaired) electrons. The van der Waals surface area contributed by atoms with Crippen LogP contribution in [-0.2, 0) is 4.79 Å². The van der Waals surface area contributed by atoms with Gasteiger partial charge >= 0.3 is 0 Å². The molecule has 0 amide bonds. The Kier molecular flexibility index (Phi) is 3.20. The van der Waals surface area contributed by atoms with Crippen molar-refractivity contribution in [1.29, 1.82) is 0 Å². The summed E-state index contributed by atoms with van der Waals surface area (Å²) in [4.78, 5) is 14.2. The predicted molar refractivity (Wildman–Crippen MR) is 49.6 cm³/mol. The number of rotatable bonds is 3. The van der Waals surface area contributed by atoms with Gasteiger partial charge in [-0.1, -0.05) is 30.3 Å². The van der Waals surface area contributed by atoms with Crippen molar-refractivity contribution in [3.8, 4) is 0 Å². The van der Waals surface area contributed by atoms with Crippen LogP contribution in [0.1, 0.15) is 12.5 Å². The first-order valence-corrected chi connectivity index (χ1v) is 3.86. The van der Waals surface area contributed by atoms with Crippen molar-refractivity contribution in [3.05, 3.63) is 35.9 Å². The van der Waals surface area contributed by atoms with Gasteiger partial charge in [0.05, 0.1) is 0 Å². The molecule has 0 N–H and O–H groups in total. The fourth-order valence-corrected chi connectivity index (χ4v) is 0.778. The van der Waals surface area contributed by atoms with Gasteiger partial charge in [-0.25, -0.2) is 0 Å². The Balaban J connectivity index is 2.63. The lowest BCUT2D eigenvalue weighted by Gasteiger charge is -1.93. The van der Waals surface area contributed by atoms with Gasteiger partial charge in [-0.3, -0.25) is 4.99 Å². The summed E-state index contributed by atoms with van der Waals surface area (Å²) in [6, 6.07) is 9.47. The summed E-state index contributed by atoms with van der Waals surface area (Å²) in [6.45, 7) is 1.76. The lowest BCUT2D eigenvalue weighted by Crippen LogP contribution is -1.98. The topological polar surface area (TPSA) is 29.4 Å². The zero-order chi connectivity index (χ0) is 8.81. The second-order valence-corrected chi connectivity index (χ2v) is 2.57. The molecule has 12 heavy (non-hydrogen) atoms. The minimum absolute atomic E-state index is 0.245. The van der Waals surface area contributed by atoms with Crippen molar-refractivity contribution in [1.82, 2.24) is 0 Å². The fourth-order valence-electron chi connectivity index (χ4n) is 0.778. The zero-order valence-corrected chi connectivity index (χ0v) is 6.97. The molecule has 0 saturated carbocycles. The molecule has 0 aromatic heterocycles. The van der Waals surface area contributed by atoms with Crippen LogP contribution in [0.3, 0.4) is 0 Å². The van der Waals surface area contributed by atoms with Gasteiger partial charge < -0.3 is 4.79 Å². The number of carbonyl (C=O) groups is 1. The van der Waals surface area contributed by atoms with Gasteiger partial charge in [0.25, 0.3) is 0 Å². The minimum Gasteiger partial charge on any atom is -0.301 e. The molecule has 0 saturated heterocycles. The second-order valence-electron chi connectivity index (χ2n) is 2.57. The average Bonchev–Trinajstić information content (AvgIpc) is 2.16. The van der Waals surface area contributed by atoms with Crippen LogP contribution in [0, 0.1) is 0 Å². The van der Waals surface area contributed by atoms with E-state index in [1.54, 1.807) is 13.1 Å². The highest BCUT2D eigenvalue weighted by Gasteiger charge is 1.91. The summed E-state index contributed by atoms with van der Waals surface area (Å²) < 4.78 is 0. The molecule has 1 unspecified atom stereocenters. The molecule has 1 rings (SSSR count). The van der Waals surface area contributed by atoms with Crippen LogP contribution in [-0.4, -0.2) is 18.5 Å². The third-order valence-corrected chi connectivity index (χ3v) is 1.46. The lowest BCUT2D eigenvalue weighted by molar-refractivity contribution is -0.108. The Morgan fingerprint density at radius 3 is 2.58 bits per heavy atom. The normalized spacial score (nSPS) is 13.1. The molecule has 0 aliphatic carbocycles. The first-order chi connectivity index (χ1) is 5.83. The molecular weight excluding hydrogens is 150 g/mol. The molecule has 0 fully saturated rings. The number of nitrogens with zero attached hydrogens (tertiary/aromatic N) is 1. The van der Waals surface area contributed by atoms with Crippen molar-refractivity contribution >= 4 is 12.5 Å². The van der Waals surface area contributed by atoms with Crippen LogP contribution in [0.5, 0.6) is 0 Å². The molecule has 0 heterocycles. The largest absolute Gasteiger partial charge is 0.301 e. The monoisotopic (exact) mass is 161 g/mol. The zero-order valence-electron chi connectivity index (χ0n) is 6.97. The maximum Gasteiger partial charge on any atom is 0.144 e. The van der Waals surface area contributed by atoms with E-state index in [0.29, 0.717) is 0 Å². The summed E-state index contributed by atoms with van der Waals surface area (Å²) in [6.07, 6.45) is 2.53. The number of hydrogen-bond acceptors (Lipinski definition) is 2. The first-order valence-electron chi connectivity index (χ1n) is 3.86. The molecule has 2 heteroatoms. The first kappa shape index (κ1) is 8.65. The van der Waals surface area contributed by atoms with Crippen LogP contribution >= 0.6 is 0 Å². The van der Waals surface area contributed by atoms with Crippen LogP contribution in [0.25, 0.3) is 0 Å². The van der Waals surface area contributed by atoms with Gasteiger partial charge in [-0.2, -0.15) is 0 Å². The van der Waals surface area contributed by atoms with E-state index >= 15 is 0 Å². The van der Waals surface area contributed by atoms with E-state index in [2.05, 4.69) is 4.99 Å². The molecule has 2 nitrogen and oxygen atoms in total. The molecule has 1 aromatic rings. The molecule has 62 valence electrons. The van der Waals surface area contributed by atoms with E-state index in [0.717, 1.165) is 11.8 Å². The third kappa shape index (κ3) is 2.66. The number of carbonyl (C=O) groups excluding carboxylic acids is 1. The standard InChI is InChI=1S/C10H11NO/c1-9(8-12)11-7-10-5-3-2-4-6-10/h2-9H,1H3. The van der Waals surface area contributed by atoms with Crippen molar-refractivity contribution in [2.45, 2.75) is 13.0 Å². The average molecular weight is 161 g/mol. The predicted octanol–water partition coefficient (Wildman–Crippen LogP) is 1.69. The van der Waals surface area contributed by atoms with Gasteiger partial charge in [0.1, 0.15) is 12.3 Å². The second kappa shape index (κ2) is 4.44. The van der Waals surface area contributed by atoms with Gasteiger partial charge in [0.2, 0.25) is 0 Å². The van der Waals surface area contributed by atoms with Crippen LogP contribution in [0.4, 0.5) is 0 Å². The number of aldehydes is 1. The maximum atomic E-state index is 10.2. The van der Waals surface area contributed by atoms with Gasteiger partial charge in [0, 0.05) is 6.21 Å². The Morgan fingerprint density at radius 2 is 2.00 bits per heavy atom. The number of benzene rings is 1. The Labute approximate surface area is 71.9 Å². The Morgan fingerprint density at radius 1 is 1.33 bits per heavy atom.